The van der Waals surface area contributed by atoms with E-state index in [-0.39, 0.29) is 0 Å². The summed E-state index contributed by atoms with van der Waals surface area (Å²) >= 11 is 6.09. The lowest BCUT2D eigenvalue weighted by atomic mass is 10.1. The van der Waals surface area contributed by atoms with E-state index in [2.05, 4.69) is 20.4 Å². The Morgan fingerprint density at radius 3 is 2.78 bits per heavy atom. The summed E-state index contributed by atoms with van der Waals surface area (Å²) in [5.41, 5.74) is 4.87. The molecule has 3 aromatic rings. The van der Waals surface area contributed by atoms with Crippen molar-refractivity contribution in [3.8, 4) is 6.07 Å². The first-order valence-electron chi connectivity index (χ1n) is 10.1. The van der Waals surface area contributed by atoms with Crippen molar-refractivity contribution in [3.05, 3.63) is 70.9 Å². The quantitative estimate of drug-likeness (QED) is 0.456. The summed E-state index contributed by atoms with van der Waals surface area (Å²) in [6.07, 6.45) is 2.56. The maximum absolute atomic E-state index is 12.3. The monoisotopic (exact) mass is 448 g/mol. The number of nitrogens with zero attached hydrogens (tertiary/aromatic N) is 5. The highest BCUT2D eigenvalue weighted by Gasteiger charge is 2.24. The number of pyridine rings is 1. The predicted molar refractivity (Wildman–Crippen MR) is 123 cm³/mol. The van der Waals surface area contributed by atoms with E-state index >= 15 is 0 Å². The van der Waals surface area contributed by atoms with Crippen LogP contribution in [0, 0.1) is 11.3 Å². The van der Waals surface area contributed by atoms with Gasteiger partial charge in [-0.1, -0.05) is 17.7 Å². The molecule has 162 valence electrons. The van der Waals surface area contributed by atoms with Gasteiger partial charge in [0.1, 0.15) is 6.17 Å². The van der Waals surface area contributed by atoms with Gasteiger partial charge in [0.25, 0.3) is 5.91 Å². The van der Waals surface area contributed by atoms with Crippen LogP contribution >= 0.6 is 11.6 Å². The number of carbonyl (C=O) groups excluding carboxylic acids is 1. The van der Waals surface area contributed by atoms with Crippen LogP contribution < -0.4 is 10.4 Å². The highest BCUT2D eigenvalue weighted by molar-refractivity contribution is 6.31. The Balaban J connectivity index is 1.42. The van der Waals surface area contributed by atoms with E-state index in [1.54, 1.807) is 24.4 Å². The van der Waals surface area contributed by atoms with Gasteiger partial charge in [-0.3, -0.25) is 14.7 Å². The molecule has 1 aromatic heterocycles. The average Bonchev–Trinajstić information content (AvgIpc) is 2.84. The van der Waals surface area contributed by atoms with E-state index in [0.29, 0.717) is 29.2 Å². The topological polar surface area (TPSA) is 105 Å². The van der Waals surface area contributed by atoms with Crippen LogP contribution in [0.4, 0.5) is 5.69 Å². The van der Waals surface area contributed by atoms with Crippen LogP contribution in [0.3, 0.4) is 0 Å². The maximum Gasteiger partial charge on any atom is 0.276 e. The zero-order valence-corrected chi connectivity index (χ0v) is 17.9. The number of aliphatic imine (C=N–C) groups is 1. The van der Waals surface area contributed by atoms with Crippen molar-refractivity contribution in [1.82, 2.24) is 15.4 Å². The number of benzene rings is 2. The lowest BCUT2D eigenvalue weighted by molar-refractivity contribution is 0.0663. The highest BCUT2D eigenvalue weighted by Crippen LogP contribution is 2.28. The van der Waals surface area contributed by atoms with E-state index in [9.17, 15) is 10.0 Å². The van der Waals surface area contributed by atoms with Gasteiger partial charge in [0.15, 0.2) is 0 Å². The molecule has 4 rings (SSSR count). The maximum atomic E-state index is 12.3. The summed E-state index contributed by atoms with van der Waals surface area (Å²) in [5, 5.41) is 20.3. The number of hydrogen-bond acceptors (Lipinski definition) is 7. The molecular formula is C23H21ClN6O2. The minimum Gasteiger partial charge on any atom is -0.368 e. The van der Waals surface area contributed by atoms with Crippen molar-refractivity contribution < 1.29 is 10.0 Å². The number of hydroxylamine groups is 1. The molecule has 1 aliphatic heterocycles. The Morgan fingerprint density at radius 1 is 1.22 bits per heavy atom. The molecule has 0 aliphatic carbocycles. The Hall–Kier alpha value is -3.35. The van der Waals surface area contributed by atoms with Gasteiger partial charge in [-0.05, 0) is 42.5 Å². The SMILES string of the molecule is N#Cc1cccc(C(=O)/N=C\C(NO)N2CCN(c3ccnc4cc(Cl)ccc34)CC2)c1. The van der Waals surface area contributed by atoms with Crippen LogP contribution in [0.25, 0.3) is 10.9 Å². The van der Waals surface area contributed by atoms with Gasteiger partial charge >= 0.3 is 0 Å². The number of hydrogen-bond donors (Lipinski definition) is 2. The van der Waals surface area contributed by atoms with E-state index in [1.807, 2.05) is 35.2 Å². The molecule has 8 nitrogen and oxygen atoms in total. The van der Waals surface area contributed by atoms with Crippen molar-refractivity contribution >= 4 is 40.3 Å². The van der Waals surface area contributed by atoms with Gasteiger partial charge in [-0.15, -0.1) is 0 Å². The Bertz CT molecular complexity index is 1200. The van der Waals surface area contributed by atoms with Crippen LogP contribution in [0.15, 0.2) is 59.7 Å². The van der Waals surface area contributed by atoms with Crippen LogP contribution in [0.1, 0.15) is 15.9 Å². The second-order valence-corrected chi connectivity index (χ2v) is 7.80. The van der Waals surface area contributed by atoms with Crippen LogP contribution in [-0.4, -0.2) is 59.6 Å². The smallest absolute Gasteiger partial charge is 0.276 e. The van der Waals surface area contributed by atoms with Gasteiger partial charge in [-0.25, -0.2) is 4.99 Å². The van der Waals surface area contributed by atoms with Crippen LogP contribution in [-0.2, 0) is 0 Å². The first kappa shape index (κ1) is 21.9. The lowest BCUT2D eigenvalue weighted by Crippen LogP contribution is -2.55. The van der Waals surface area contributed by atoms with Crippen molar-refractivity contribution in [3.63, 3.8) is 0 Å². The molecule has 1 fully saturated rings. The molecule has 0 saturated carbocycles. The summed E-state index contributed by atoms with van der Waals surface area (Å²) in [4.78, 5) is 25.0. The standard InChI is InChI=1S/C23H21ClN6O2/c24-18-4-5-19-20(13-18)26-7-6-21(19)29-8-10-30(11-9-29)22(28-32)15-27-23(31)17-3-1-2-16(12-17)14-25/h1-7,12-13,15,22,28,32H,8-11H2/b27-15-. The van der Waals surface area contributed by atoms with Gasteiger partial charge in [-0.2, -0.15) is 10.7 Å². The normalized spacial score (nSPS) is 15.7. The van der Waals surface area contributed by atoms with E-state index < -0.39 is 12.1 Å². The van der Waals surface area contributed by atoms with E-state index in [4.69, 9.17) is 16.9 Å². The Kier molecular flexibility index (Phi) is 6.73. The molecule has 2 aromatic carbocycles. The molecule has 0 bridgehead atoms. The highest BCUT2D eigenvalue weighted by atomic mass is 35.5. The van der Waals surface area contributed by atoms with Crippen molar-refractivity contribution in [2.45, 2.75) is 6.17 Å². The molecule has 1 amide bonds. The molecule has 9 heteroatoms. The van der Waals surface area contributed by atoms with Gasteiger partial charge in [0.2, 0.25) is 0 Å². The number of halogens is 1. The van der Waals surface area contributed by atoms with E-state index in [0.717, 1.165) is 29.7 Å². The number of aromatic nitrogens is 1. The number of carbonyl (C=O) groups is 1. The zero-order chi connectivity index (χ0) is 22.5. The Labute approximate surface area is 190 Å². The summed E-state index contributed by atoms with van der Waals surface area (Å²) < 4.78 is 0. The number of rotatable bonds is 5. The summed E-state index contributed by atoms with van der Waals surface area (Å²) in [6, 6.07) is 16.0. The fourth-order valence-corrected chi connectivity index (χ4v) is 3.93. The van der Waals surface area contributed by atoms with Crippen LogP contribution in [0.2, 0.25) is 5.02 Å². The fraction of sp³-hybridized carbons (Fsp3) is 0.217. The third-order valence-electron chi connectivity index (χ3n) is 5.43. The molecule has 1 aliphatic rings. The van der Waals surface area contributed by atoms with Crippen LogP contribution in [0.5, 0.6) is 0 Å². The molecule has 32 heavy (non-hydrogen) atoms. The molecule has 2 N–H and O–H groups in total. The molecule has 1 unspecified atom stereocenters. The number of piperazine rings is 1. The van der Waals surface area contributed by atoms with Gasteiger partial charge < -0.3 is 10.1 Å². The number of amides is 1. The third-order valence-corrected chi connectivity index (χ3v) is 5.67. The fourth-order valence-electron chi connectivity index (χ4n) is 3.77. The predicted octanol–water partition coefficient (Wildman–Crippen LogP) is 3.10. The second kappa shape index (κ2) is 9.85. The zero-order valence-electron chi connectivity index (χ0n) is 17.1. The minimum absolute atomic E-state index is 0.325. The number of anilines is 1. The largest absolute Gasteiger partial charge is 0.368 e. The molecule has 2 heterocycles. The molecule has 0 radical (unpaired) electrons. The summed E-state index contributed by atoms with van der Waals surface area (Å²) in [7, 11) is 0. The van der Waals surface area contributed by atoms with Crippen molar-refractivity contribution in [1.29, 1.82) is 5.26 Å². The molecule has 0 spiro atoms. The van der Waals surface area contributed by atoms with Crippen molar-refractivity contribution in [2.24, 2.45) is 4.99 Å². The van der Waals surface area contributed by atoms with Crippen molar-refractivity contribution in [2.75, 3.05) is 31.1 Å². The molecule has 1 saturated heterocycles. The average molecular weight is 449 g/mol. The third kappa shape index (κ3) is 4.77. The first-order chi connectivity index (χ1) is 15.6. The van der Waals surface area contributed by atoms with Gasteiger partial charge in [0, 0.05) is 60.3 Å². The van der Waals surface area contributed by atoms with E-state index in [1.165, 1.54) is 12.3 Å². The molecule has 1 atom stereocenters. The summed E-state index contributed by atoms with van der Waals surface area (Å²) in [6.45, 7) is 2.76. The lowest BCUT2D eigenvalue weighted by Gasteiger charge is -2.38. The number of fused-ring (bicyclic) bond motifs is 1. The number of nitrogens with one attached hydrogen (secondary N) is 1. The Morgan fingerprint density at radius 2 is 2.03 bits per heavy atom. The molecular weight excluding hydrogens is 428 g/mol. The second-order valence-electron chi connectivity index (χ2n) is 7.36. The van der Waals surface area contributed by atoms with Gasteiger partial charge in [0.05, 0.1) is 17.1 Å². The summed E-state index contributed by atoms with van der Waals surface area (Å²) in [5.74, 6) is -0.470. The minimum atomic E-state index is -0.603. The first-order valence-corrected chi connectivity index (χ1v) is 10.5. The number of nitriles is 1.